The average molecular weight is 446 g/mol. The van der Waals surface area contributed by atoms with Gasteiger partial charge in [-0.15, -0.1) is 0 Å². The zero-order valence-electron chi connectivity index (χ0n) is 16.6. The third-order valence-corrected chi connectivity index (χ3v) is 5.53. The molecule has 0 saturated carbocycles. The molecule has 1 fully saturated rings. The van der Waals surface area contributed by atoms with Crippen molar-refractivity contribution < 1.29 is 27.4 Å². The Balaban J connectivity index is 1.48. The number of carbonyl (C=O) groups is 1. The summed E-state index contributed by atoms with van der Waals surface area (Å²) in [6.45, 7) is 1.31. The molecular weight excluding hydrogens is 429 g/mol. The maximum Gasteiger partial charge on any atom is 0.434 e. The molecule has 9 nitrogen and oxygen atoms in total. The van der Waals surface area contributed by atoms with Crippen molar-refractivity contribution in [3.63, 3.8) is 0 Å². The number of amides is 1. The highest BCUT2D eigenvalue weighted by Crippen LogP contribution is 2.32. The number of anilines is 1. The van der Waals surface area contributed by atoms with Gasteiger partial charge in [0.25, 0.3) is 5.91 Å². The van der Waals surface area contributed by atoms with Gasteiger partial charge in [-0.1, -0.05) is 0 Å². The summed E-state index contributed by atoms with van der Waals surface area (Å²) in [5.41, 5.74) is 7.48. The van der Waals surface area contributed by atoms with E-state index in [1.807, 2.05) is 0 Å². The van der Waals surface area contributed by atoms with E-state index in [9.17, 15) is 18.0 Å². The normalized spacial score (nSPS) is 18.7. The molecule has 3 aromatic heterocycles. The van der Waals surface area contributed by atoms with E-state index in [1.54, 1.807) is 6.07 Å². The van der Waals surface area contributed by atoms with Gasteiger partial charge in [-0.05, 0) is 11.6 Å². The van der Waals surface area contributed by atoms with E-state index in [2.05, 4.69) is 19.9 Å². The molecule has 1 saturated heterocycles. The molecule has 3 aromatic rings. The third kappa shape index (κ3) is 3.50. The van der Waals surface area contributed by atoms with Crippen LogP contribution in [0.1, 0.15) is 39.0 Å². The summed E-state index contributed by atoms with van der Waals surface area (Å²) in [5, 5.41) is 0.726. The van der Waals surface area contributed by atoms with Crippen LogP contribution in [0.5, 0.6) is 0 Å². The fourth-order valence-electron chi connectivity index (χ4n) is 3.89. The van der Waals surface area contributed by atoms with Crippen LogP contribution in [0.4, 0.5) is 19.0 Å². The number of hydrogen-bond donors (Lipinski definition) is 1. The van der Waals surface area contributed by atoms with Crippen LogP contribution in [0, 0.1) is 0 Å². The van der Waals surface area contributed by atoms with Gasteiger partial charge in [0.2, 0.25) is 0 Å². The summed E-state index contributed by atoms with van der Waals surface area (Å²) in [6, 6.07) is 0.949. The van der Waals surface area contributed by atoms with Crippen LogP contribution < -0.4 is 5.73 Å². The van der Waals surface area contributed by atoms with Crippen molar-refractivity contribution in [1.29, 1.82) is 0 Å². The molecule has 2 aliphatic heterocycles. The molecule has 1 amide bonds. The Morgan fingerprint density at radius 1 is 1.09 bits per heavy atom. The van der Waals surface area contributed by atoms with E-state index in [1.165, 1.54) is 11.1 Å². The number of rotatable bonds is 2. The van der Waals surface area contributed by atoms with Crippen molar-refractivity contribution in [2.24, 2.45) is 0 Å². The molecule has 5 heterocycles. The fraction of sp³-hybridized carbons (Fsp3) is 0.350. The second-order valence-electron chi connectivity index (χ2n) is 7.45. The number of aromatic nitrogens is 4. The van der Waals surface area contributed by atoms with Gasteiger partial charge in [-0.2, -0.15) is 13.2 Å². The molecule has 0 spiro atoms. The first kappa shape index (κ1) is 20.5. The van der Waals surface area contributed by atoms with Crippen LogP contribution in [-0.4, -0.2) is 50.5 Å². The van der Waals surface area contributed by atoms with Gasteiger partial charge in [0.05, 0.1) is 62.3 Å². The predicted octanol–water partition coefficient (Wildman–Crippen LogP) is 2.26. The van der Waals surface area contributed by atoms with Crippen molar-refractivity contribution in [2.75, 3.05) is 25.5 Å². The SMILES string of the molecule is Nc1nc2cnc(C(=O)N3CCOC[C@@H]3c3cnc(C(F)(F)F)cn3)cc2c2c1COC2. The number of morpholine rings is 1. The number of pyridine rings is 2. The lowest BCUT2D eigenvalue weighted by Crippen LogP contribution is -2.44. The fourth-order valence-corrected chi connectivity index (χ4v) is 3.89. The molecule has 0 bridgehead atoms. The Labute approximate surface area is 179 Å². The zero-order chi connectivity index (χ0) is 22.5. The van der Waals surface area contributed by atoms with Crippen molar-refractivity contribution in [2.45, 2.75) is 25.4 Å². The van der Waals surface area contributed by atoms with Crippen LogP contribution in [0.15, 0.2) is 24.7 Å². The second kappa shape index (κ2) is 7.64. The molecule has 0 aliphatic carbocycles. The lowest BCUT2D eigenvalue weighted by molar-refractivity contribution is -0.141. The molecule has 0 radical (unpaired) electrons. The Morgan fingerprint density at radius 3 is 2.66 bits per heavy atom. The number of nitrogens with zero attached hydrogens (tertiary/aromatic N) is 5. The van der Waals surface area contributed by atoms with Gasteiger partial charge < -0.3 is 20.1 Å². The van der Waals surface area contributed by atoms with Crippen molar-refractivity contribution in [1.82, 2.24) is 24.8 Å². The first-order valence-corrected chi connectivity index (χ1v) is 9.75. The molecule has 2 aliphatic rings. The van der Waals surface area contributed by atoms with Crippen molar-refractivity contribution >= 4 is 22.6 Å². The van der Waals surface area contributed by atoms with Gasteiger partial charge in [0, 0.05) is 17.5 Å². The van der Waals surface area contributed by atoms with E-state index >= 15 is 0 Å². The highest BCUT2D eigenvalue weighted by molar-refractivity contribution is 5.97. The number of halogens is 3. The molecule has 1 atom stereocenters. The smallest absolute Gasteiger partial charge is 0.383 e. The molecule has 0 unspecified atom stereocenters. The van der Waals surface area contributed by atoms with Crippen molar-refractivity contribution in [3.05, 3.63) is 52.9 Å². The summed E-state index contributed by atoms with van der Waals surface area (Å²) < 4.78 is 49.4. The lowest BCUT2D eigenvalue weighted by Gasteiger charge is -2.34. The number of hydrogen-bond acceptors (Lipinski definition) is 8. The minimum Gasteiger partial charge on any atom is -0.383 e. The molecule has 2 N–H and O–H groups in total. The molecule has 5 rings (SSSR count). The first-order chi connectivity index (χ1) is 15.3. The second-order valence-corrected chi connectivity index (χ2v) is 7.45. The number of alkyl halides is 3. The Morgan fingerprint density at radius 2 is 1.91 bits per heavy atom. The number of fused-ring (bicyclic) bond motifs is 3. The summed E-state index contributed by atoms with van der Waals surface area (Å²) in [5.74, 6) is -0.0219. The summed E-state index contributed by atoms with van der Waals surface area (Å²) in [6.07, 6.45) is -1.45. The lowest BCUT2D eigenvalue weighted by atomic mass is 10.0. The molecule has 166 valence electrons. The van der Waals surface area contributed by atoms with E-state index in [4.69, 9.17) is 15.2 Å². The van der Waals surface area contributed by atoms with Crippen LogP contribution in [0.3, 0.4) is 0 Å². The van der Waals surface area contributed by atoms with Gasteiger partial charge in [-0.3, -0.25) is 9.78 Å². The average Bonchev–Trinajstić information content (AvgIpc) is 3.29. The quantitative estimate of drug-likeness (QED) is 0.637. The molecular formula is C20H17F3N6O3. The Hall–Kier alpha value is -3.38. The maximum absolute atomic E-state index is 13.3. The number of nitrogen functional groups attached to an aromatic ring is 1. The van der Waals surface area contributed by atoms with Crippen LogP contribution in [-0.2, 0) is 28.9 Å². The highest BCUT2D eigenvalue weighted by atomic mass is 19.4. The number of ether oxygens (including phenoxy) is 2. The maximum atomic E-state index is 13.3. The first-order valence-electron chi connectivity index (χ1n) is 9.75. The van der Waals surface area contributed by atoms with Crippen LogP contribution in [0.25, 0.3) is 10.9 Å². The van der Waals surface area contributed by atoms with Gasteiger partial charge >= 0.3 is 6.18 Å². The Bertz CT molecular complexity index is 1200. The minimum absolute atomic E-state index is 0.0840. The van der Waals surface area contributed by atoms with Crippen molar-refractivity contribution in [3.8, 4) is 0 Å². The molecule has 32 heavy (non-hydrogen) atoms. The molecule has 12 heteroatoms. The van der Waals surface area contributed by atoms with Crippen LogP contribution >= 0.6 is 0 Å². The summed E-state index contributed by atoms with van der Waals surface area (Å²) in [4.78, 5) is 30.7. The summed E-state index contributed by atoms with van der Waals surface area (Å²) in [7, 11) is 0. The third-order valence-electron chi connectivity index (χ3n) is 5.53. The summed E-state index contributed by atoms with van der Waals surface area (Å²) >= 11 is 0. The number of carbonyl (C=O) groups excluding carboxylic acids is 1. The van der Waals surface area contributed by atoms with E-state index < -0.39 is 23.8 Å². The number of nitrogens with two attached hydrogens (primary N) is 1. The standard InChI is InChI=1S/C20H17F3N6O3/c21-20(22,23)17-6-26-15(5-27-17)16-9-31-2-1-29(16)19(30)13-3-10-11-7-32-8-12(11)18(24)28-14(10)4-25-13/h3-6,16H,1-2,7-9H2,(H2,24,28)/t16-/m1/s1. The Kier molecular flexibility index (Phi) is 4.90. The molecule has 0 aromatic carbocycles. The van der Waals surface area contributed by atoms with Gasteiger partial charge in [-0.25, -0.2) is 15.0 Å². The van der Waals surface area contributed by atoms with E-state index in [-0.39, 0.29) is 31.1 Å². The topological polar surface area (TPSA) is 116 Å². The van der Waals surface area contributed by atoms with Crippen LogP contribution in [0.2, 0.25) is 0 Å². The zero-order valence-corrected chi connectivity index (χ0v) is 16.6. The van der Waals surface area contributed by atoms with E-state index in [0.717, 1.165) is 22.7 Å². The highest BCUT2D eigenvalue weighted by Gasteiger charge is 2.35. The monoisotopic (exact) mass is 446 g/mol. The predicted molar refractivity (Wildman–Crippen MR) is 104 cm³/mol. The van der Waals surface area contributed by atoms with Gasteiger partial charge in [0.15, 0.2) is 5.69 Å². The minimum atomic E-state index is -4.60. The largest absolute Gasteiger partial charge is 0.434 e. The van der Waals surface area contributed by atoms with Gasteiger partial charge in [0.1, 0.15) is 11.5 Å². The van der Waals surface area contributed by atoms with E-state index in [0.29, 0.717) is 30.7 Å².